The molecular weight excluding hydrogens is 291 g/mol. The molecule has 0 bridgehead atoms. The molecule has 3 aliphatic rings. The SMILES string of the molecule is O=C1C(N2C(=O)[C@@H]3CCCN3C2=O)CCN1CC(F)(F)F. The summed E-state index contributed by atoms with van der Waals surface area (Å²) in [7, 11) is 0. The number of imide groups is 1. The van der Waals surface area contributed by atoms with E-state index in [0.717, 1.165) is 11.3 Å². The van der Waals surface area contributed by atoms with Crippen LogP contribution in [0.1, 0.15) is 19.3 Å². The predicted octanol–water partition coefficient (Wildman–Crippen LogP) is 0.576. The molecule has 3 fully saturated rings. The molecule has 0 aliphatic carbocycles. The van der Waals surface area contributed by atoms with Crippen molar-refractivity contribution in [3.8, 4) is 0 Å². The molecule has 116 valence electrons. The quantitative estimate of drug-likeness (QED) is 0.701. The Morgan fingerprint density at radius 2 is 1.71 bits per heavy atom. The van der Waals surface area contributed by atoms with Gasteiger partial charge in [-0.1, -0.05) is 0 Å². The zero-order valence-electron chi connectivity index (χ0n) is 11.1. The van der Waals surface area contributed by atoms with E-state index in [2.05, 4.69) is 0 Å². The van der Waals surface area contributed by atoms with Crippen molar-refractivity contribution < 1.29 is 27.6 Å². The third-order valence-electron chi connectivity index (χ3n) is 4.18. The maximum atomic E-state index is 12.4. The van der Waals surface area contributed by atoms with Crippen molar-refractivity contribution in [3.63, 3.8) is 0 Å². The van der Waals surface area contributed by atoms with Crippen LogP contribution >= 0.6 is 0 Å². The van der Waals surface area contributed by atoms with Gasteiger partial charge >= 0.3 is 12.2 Å². The lowest BCUT2D eigenvalue weighted by Gasteiger charge is -2.22. The fraction of sp³-hybridized carbons (Fsp3) is 0.750. The number of carbonyl (C=O) groups excluding carboxylic acids is 3. The van der Waals surface area contributed by atoms with Gasteiger partial charge in [0.05, 0.1) is 0 Å². The number of alkyl halides is 3. The molecule has 4 amide bonds. The molecule has 0 spiro atoms. The Kier molecular flexibility index (Phi) is 3.10. The first-order chi connectivity index (χ1) is 9.79. The summed E-state index contributed by atoms with van der Waals surface area (Å²) in [4.78, 5) is 39.3. The number of halogens is 3. The highest BCUT2D eigenvalue weighted by Gasteiger charge is 2.53. The second-order valence-corrected chi connectivity index (χ2v) is 5.52. The van der Waals surface area contributed by atoms with Crippen LogP contribution < -0.4 is 0 Å². The zero-order chi connectivity index (χ0) is 15.4. The molecule has 6 nitrogen and oxygen atoms in total. The summed E-state index contributed by atoms with van der Waals surface area (Å²) in [6, 6.07) is -2.17. The van der Waals surface area contributed by atoms with Crippen molar-refractivity contribution in [1.82, 2.24) is 14.7 Å². The lowest BCUT2D eigenvalue weighted by atomic mass is 10.1. The molecule has 2 atom stereocenters. The van der Waals surface area contributed by atoms with E-state index in [-0.39, 0.29) is 13.0 Å². The average molecular weight is 305 g/mol. The summed E-state index contributed by atoms with van der Waals surface area (Å²) < 4.78 is 37.1. The van der Waals surface area contributed by atoms with E-state index in [9.17, 15) is 27.6 Å². The summed E-state index contributed by atoms with van der Waals surface area (Å²) in [5, 5.41) is 0. The molecule has 21 heavy (non-hydrogen) atoms. The standard InChI is InChI=1S/C12H14F3N3O3/c13-12(14,15)6-16-5-3-8(9(16)19)18-10(20)7-2-1-4-17(7)11(18)21/h7-8H,1-6H2/t7-,8?/m0/s1. The number of likely N-dealkylation sites (tertiary alicyclic amines) is 1. The molecular formula is C12H14F3N3O3. The highest BCUT2D eigenvalue weighted by molar-refractivity contribution is 6.08. The van der Waals surface area contributed by atoms with Gasteiger partial charge in [0.15, 0.2) is 0 Å². The molecule has 0 aromatic carbocycles. The van der Waals surface area contributed by atoms with Gasteiger partial charge in [0.2, 0.25) is 5.91 Å². The van der Waals surface area contributed by atoms with Gasteiger partial charge in [0.25, 0.3) is 5.91 Å². The lowest BCUT2D eigenvalue weighted by Crippen LogP contribution is -2.47. The summed E-state index contributed by atoms with van der Waals surface area (Å²) in [6.07, 6.45) is -3.14. The highest BCUT2D eigenvalue weighted by Crippen LogP contribution is 2.32. The lowest BCUT2D eigenvalue weighted by molar-refractivity contribution is -0.159. The van der Waals surface area contributed by atoms with Gasteiger partial charge in [-0.2, -0.15) is 13.2 Å². The molecule has 0 N–H and O–H groups in total. The first-order valence-corrected chi connectivity index (χ1v) is 6.79. The first kappa shape index (κ1) is 14.2. The summed E-state index contributed by atoms with van der Waals surface area (Å²) in [5.41, 5.74) is 0. The smallest absolute Gasteiger partial charge is 0.332 e. The van der Waals surface area contributed by atoms with E-state index in [4.69, 9.17) is 0 Å². The fourth-order valence-electron chi connectivity index (χ4n) is 3.27. The van der Waals surface area contributed by atoms with E-state index < -0.39 is 42.7 Å². The minimum absolute atomic E-state index is 0.0625. The molecule has 3 rings (SSSR count). The van der Waals surface area contributed by atoms with Crippen LogP contribution in [0.4, 0.5) is 18.0 Å². The van der Waals surface area contributed by atoms with Gasteiger partial charge in [-0.15, -0.1) is 0 Å². The van der Waals surface area contributed by atoms with Crippen LogP contribution in [0, 0.1) is 0 Å². The molecule has 0 radical (unpaired) electrons. The molecule has 3 saturated heterocycles. The number of fused-ring (bicyclic) bond motifs is 1. The number of nitrogens with zero attached hydrogens (tertiary/aromatic N) is 3. The number of carbonyl (C=O) groups is 3. The molecule has 0 aromatic rings. The van der Waals surface area contributed by atoms with Gasteiger partial charge in [-0.25, -0.2) is 9.69 Å². The number of hydrogen-bond donors (Lipinski definition) is 0. The van der Waals surface area contributed by atoms with Gasteiger partial charge in [-0.3, -0.25) is 9.59 Å². The maximum absolute atomic E-state index is 12.4. The van der Waals surface area contributed by atoms with Crippen LogP contribution in [0.3, 0.4) is 0 Å². The summed E-state index contributed by atoms with van der Waals surface area (Å²) in [6.45, 7) is -0.977. The summed E-state index contributed by atoms with van der Waals surface area (Å²) in [5.74, 6) is -1.25. The van der Waals surface area contributed by atoms with E-state index in [0.29, 0.717) is 17.9 Å². The minimum Gasteiger partial charge on any atom is -0.332 e. The molecule has 3 heterocycles. The van der Waals surface area contributed by atoms with Crippen LogP contribution in [-0.2, 0) is 9.59 Å². The Morgan fingerprint density at radius 3 is 2.33 bits per heavy atom. The normalized spacial score (nSPS) is 29.9. The topological polar surface area (TPSA) is 60.9 Å². The molecule has 9 heteroatoms. The van der Waals surface area contributed by atoms with Crippen molar-refractivity contribution in [1.29, 1.82) is 0 Å². The predicted molar refractivity (Wildman–Crippen MR) is 63.0 cm³/mol. The molecule has 3 aliphatic heterocycles. The van der Waals surface area contributed by atoms with E-state index in [1.165, 1.54) is 4.90 Å². The van der Waals surface area contributed by atoms with Crippen LogP contribution in [0.2, 0.25) is 0 Å². The van der Waals surface area contributed by atoms with E-state index in [1.54, 1.807) is 0 Å². The van der Waals surface area contributed by atoms with Gasteiger partial charge in [0.1, 0.15) is 18.6 Å². The fourth-order valence-corrected chi connectivity index (χ4v) is 3.27. The molecule has 0 aromatic heterocycles. The van der Waals surface area contributed by atoms with Crippen molar-refractivity contribution in [2.45, 2.75) is 37.5 Å². The van der Waals surface area contributed by atoms with Gasteiger partial charge in [0, 0.05) is 13.1 Å². The van der Waals surface area contributed by atoms with E-state index in [1.807, 2.05) is 0 Å². The Labute approximate surface area is 118 Å². The van der Waals surface area contributed by atoms with E-state index >= 15 is 0 Å². The number of amides is 4. The third-order valence-corrected chi connectivity index (χ3v) is 4.18. The monoisotopic (exact) mass is 305 g/mol. The molecule has 1 unspecified atom stereocenters. The van der Waals surface area contributed by atoms with Crippen molar-refractivity contribution >= 4 is 17.8 Å². The molecule has 0 saturated carbocycles. The van der Waals surface area contributed by atoms with Crippen LogP contribution in [0.15, 0.2) is 0 Å². The summed E-state index contributed by atoms with van der Waals surface area (Å²) >= 11 is 0. The highest BCUT2D eigenvalue weighted by atomic mass is 19.4. The van der Waals surface area contributed by atoms with Crippen LogP contribution in [-0.4, -0.2) is 70.4 Å². The van der Waals surface area contributed by atoms with Crippen molar-refractivity contribution in [2.75, 3.05) is 19.6 Å². The van der Waals surface area contributed by atoms with Gasteiger partial charge in [-0.05, 0) is 19.3 Å². The minimum atomic E-state index is -4.48. The average Bonchev–Trinajstić information content (AvgIpc) is 3.02. The Morgan fingerprint density at radius 1 is 1.00 bits per heavy atom. The zero-order valence-corrected chi connectivity index (χ0v) is 11.1. The van der Waals surface area contributed by atoms with Crippen LogP contribution in [0.5, 0.6) is 0 Å². The third kappa shape index (κ3) is 2.24. The van der Waals surface area contributed by atoms with Gasteiger partial charge < -0.3 is 9.80 Å². The van der Waals surface area contributed by atoms with Crippen LogP contribution in [0.25, 0.3) is 0 Å². The maximum Gasteiger partial charge on any atom is 0.406 e. The Balaban J connectivity index is 1.75. The van der Waals surface area contributed by atoms with Crippen molar-refractivity contribution in [2.24, 2.45) is 0 Å². The Bertz CT molecular complexity index is 486. The first-order valence-electron chi connectivity index (χ1n) is 6.79. The second kappa shape index (κ2) is 4.60. The number of hydrogen-bond acceptors (Lipinski definition) is 3. The number of urea groups is 1. The number of rotatable bonds is 2. The Hall–Kier alpha value is -1.80. The second-order valence-electron chi connectivity index (χ2n) is 5.52. The largest absolute Gasteiger partial charge is 0.406 e. The van der Waals surface area contributed by atoms with Crippen molar-refractivity contribution in [3.05, 3.63) is 0 Å².